The van der Waals surface area contributed by atoms with Gasteiger partial charge in [-0.2, -0.15) is 5.26 Å². The molecule has 0 bridgehead atoms. The first kappa shape index (κ1) is 13.0. The van der Waals surface area contributed by atoms with Crippen molar-refractivity contribution in [3.8, 4) is 11.8 Å². The Labute approximate surface area is 99.8 Å². The lowest BCUT2D eigenvalue weighted by atomic mass is 10.1. The van der Waals surface area contributed by atoms with E-state index in [0.717, 1.165) is 5.56 Å². The summed E-state index contributed by atoms with van der Waals surface area (Å²) in [6, 6.07) is 5.19. The van der Waals surface area contributed by atoms with E-state index in [2.05, 4.69) is 0 Å². The van der Waals surface area contributed by atoms with Gasteiger partial charge in [-0.05, 0) is 31.9 Å². The molecule has 0 aliphatic rings. The fraction of sp³-hybridized carbons (Fsp3) is 0.417. The molecule has 0 aromatic heterocycles. The van der Waals surface area contributed by atoms with Crippen LogP contribution in [0.4, 0.5) is 5.69 Å². The number of hydrogen-bond donors (Lipinski definition) is 0. The highest BCUT2D eigenvalue weighted by atomic mass is 16.6. The van der Waals surface area contributed by atoms with Crippen LogP contribution < -0.4 is 4.74 Å². The van der Waals surface area contributed by atoms with E-state index < -0.39 is 4.92 Å². The second kappa shape index (κ2) is 5.85. The van der Waals surface area contributed by atoms with Gasteiger partial charge in [0.2, 0.25) is 0 Å². The molecule has 1 rings (SSSR count). The third-order valence-electron chi connectivity index (χ3n) is 2.38. The molecule has 0 amide bonds. The van der Waals surface area contributed by atoms with Gasteiger partial charge in [0.05, 0.1) is 23.7 Å². The van der Waals surface area contributed by atoms with Gasteiger partial charge in [0.25, 0.3) is 5.69 Å². The molecule has 0 saturated carbocycles. The van der Waals surface area contributed by atoms with Gasteiger partial charge in [0.1, 0.15) is 5.75 Å². The van der Waals surface area contributed by atoms with E-state index in [4.69, 9.17) is 10.00 Å². The molecule has 0 radical (unpaired) electrons. The zero-order valence-electron chi connectivity index (χ0n) is 9.90. The lowest BCUT2D eigenvalue weighted by molar-refractivity contribution is -0.385. The maximum absolute atomic E-state index is 10.8. The van der Waals surface area contributed by atoms with Gasteiger partial charge in [-0.1, -0.05) is 0 Å². The minimum Gasteiger partial charge on any atom is -0.493 e. The van der Waals surface area contributed by atoms with Gasteiger partial charge in [-0.15, -0.1) is 0 Å². The topological polar surface area (TPSA) is 76.2 Å². The summed E-state index contributed by atoms with van der Waals surface area (Å²) >= 11 is 0. The van der Waals surface area contributed by atoms with Crippen molar-refractivity contribution >= 4 is 5.69 Å². The molecular formula is C12H14N2O3. The number of unbranched alkanes of at least 4 members (excludes halogenated alkanes) is 1. The molecule has 0 atom stereocenters. The smallest absolute Gasteiger partial charge is 0.276 e. The van der Waals surface area contributed by atoms with Crippen LogP contribution in [0.5, 0.6) is 5.75 Å². The van der Waals surface area contributed by atoms with Crippen LogP contribution in [0.1, 0.15) is 24.0 Å². The Balaban J connectivity index is 2.82. The lowest BCUT2D eigenvalue weighted by Gasteiger charge is -2.09. The van der Waals surface area contributed by atoms with Gasteiger partial charge >= 0.3 is 0 Å². The summed E-state index contributed by atoms with van der Waals surface area (Å²) in [5.74, 6) is 0.514. The highest BCUT2D eigenvalue weighted by molar-refractivity contribution is 5.49. The number of nitro groups is 1. The molecule has 0 unspecified atom stereocenters. The number of hydrogen-bond acceptors (Lipinski definition) is 4. The van der Waals surface area contributed by atoms with Crippen LogP contribution in [0.25, 0.3) is 0 Å². The van der Waals surface area contributed by atoms with Gasteiger partial charge in [0, 0.05) is 12.0 Å². The van der Waals surface area contributed by atoms with Crippen LogP contribution in [0.3, 0.4) is 0 Å². The van der Waals surface area contributed by atoms with Crippen molar-refractivity contribution in [2.75, 3.05) is 6.61 Å². The molecule has 0 spiro atoms. The van der Waals surface area contributed by atoms with Crippen molar-refractivity contribution in [2.24, 2.45) is 0 Å². The maximum Gasteiger partial charge on any atom is 0.276 e. The van der Waals surface area contributed by atoms with Crippen molar-refractivity contribution in [3.05, 3.63) is 33.4 Å². The molecule has 90 valence electrons. The number of aryl methyl sites for hydroxylation is 2. The third kappa shape index (κ3) is 3.45. The second-order valence-electron chi connectivity index (χ2n) is 3.77. The standard InChI is InChI=1S/C12H14N2O3/c1-9-7-10(2)12(8-11(9)14(15)16)17-6-4-3-5-13/h7-8H,3-4,6H2,1-2H3. The SMILES string of the molecule is Cc1cc(C)c([N+](=O)[O-])cc1OCCCC#N. The average Bonchev–Trinajstić information content (AvgIpc) is 2.26. The number of ether oxygens (including phenoxy) is 1. The molecule has 17 heavy (non-hydrogen) atoms. The average molecular weight is 234 g/mol. The Morgan fingerprint density at radius 2 is 2.12 bits per heavy atom. The highest BCUT2D eigenvalue weighted by Crippen LogP contribution is 2.28. The summed E-state index contributed by atoms with van der Waals surface area (Å²) < 4.78 is 5.43. The third-order valence-corrected chi connectivity index (χ3v) is 2.38. The van der Waals surface area contributed by atoms with Crippen LogP contribution >= 0.6 is 0 Å². The second-order valence-corrected chi connectivity index (χ2v) is 3.77. The van der Waals surface area contributed by atoms with Crippen LogP contribution in [0.15, 0.2) is 12.1 Å². The summed E-state index contributed by atoms with van der Waals surface area (Å²) in [6.45, 7) is 3.94. The molecular weight excluding hydrogens is 220 g/mol. The highest BCUT2D eigenvalue weighted by Gasteiger charge is 2.14. The summed E-state index contributed by atoms with van der Waals surface area (Å²) in [5.41, 5.74) is 1.55. The molecule has 0 aliphatic heterocycles. The quantitative estimate of drug-likeness (QED) is 0.446. The largest absolute Gasteiger partial charge is 0.493 e. The molecule has 0 N–H and O–H groups in total. The van der Waals surface area contributed by atoms with E-state index in [1.807, 2.05) is 13.0 Å². The molecule has 0 saturated heterocycles. The van der Waals surface area contributed by atoms with Gasteiger partial charge in [-0.3, -0.25) is 10.1 Å². The maximum atomic E-state index is 10.8. The Bertz CT molecular complexity index is 464. The molecule has 5 heteroatoms. The van der Waals surface area contributed by atoms with Gasteiger partial charge in [0.15, 0.2) is 0 Å². The Morgan fingerprint density at radius 3 is 2.71 bits per heavy atom. The molecule has 0 aliphatic carbocycles. The van der Waals surface area contributed by atoms with Crippen molar-refractivity contribution < 1.29 is 9.66 Å². The molecule has 0 fully saturated rings. The number of nitriles is 1. The Kier molecular flexibility index (Phi) is 4.46. The van der Waals surface area contributed by atoms with E-state index in [9.17, 15) is 10.1 Å². The van der Waals surface area contributed by atoms with Gasteiger partial charge in [-0.25, -0.2) is 0 Å². The number of nitrogens with zero attached hydrogens (tertiary/aromatic N) is 2. The van der Waals surface area contributed by atoms with Crippen LogP contribution in [0.2, 0.25) is 0 Å². The van der Waals surface area contributed by atoms with Crippen LogP contribution in [0, 0.1) is 35.3 Å². The summed E-state index contributed by atoms with van der Waals surface area (Å²) in [7, 11) is 0. The number of benzene rings is 1. The fourth-order valence-electron chi connectivity index (χ4n) is 1.51. The number of nitro benzene ring substituents is 1. The summed E-state index contributed by atoms with van der Waals surface area (Å²) in [5, 5.41) is 19.1. The summed E-state index contributed by atoms with van der Waals surface area (Å²) in [4.78, 5) is 10.3. The minimum atomic E-state index is -0.420. The Morgan fingerprint density at radius 1 is 1.41 bits per heavy atom. The van der Waals surface area contributed by atoms with Crippen molar-refractivity contribution in [3.63, 3.8) is 0 Å². The zero-order valence-corrected chi connectivity index (χ0v) is 9.90. The van der Waals surface area contributed by atoms with Gasteiger partial charge < -0.3 is 4.74 Å². The predicted molar refractivity (Wildman–Crippen MR) is 62.9 cm³/mol. The molecule has 1 aromatic rings. The fourth-order valence-corrected chi connectivity index (χ4v) is 1.51. The summed E-state index contributed by atoms with van der Waals surface area (Å²) in [6.07, 6.45) is 1.05. The minimum absolute atomic E-state index is 0.0610. The van der Waals surface area contributed by atoms with E-state index in [1.54, 1.807) is 13.0 Å². The first-order valence-corrected chi connectivity index (χ1v) is 5.31. The predicted octanol–water partition coefficient (Wildman–Crippen LogP) is 2.89. The number of rotatable bonds is 5. The zero-order chi connectivity index (χ0) is 12.8. The van der Waals surface area contributed by atoms with Crippen molar-refractivity contribution in [2.45, 2.75) is 26.7 Å². The first-order chi connectivity index (χ1) is 8.06. The first-order valence-electron chi connectivity index (χ1n) is 5.31. The van der Waals surface area contributed by atoms with Crippen molar-refractivity contribution in [1.29, 1.82) is 5.26 Å². The molecule has 0 heterocycles. The normalized spacial score (nSPS) is 9.71. The molecule has 1 aromatic carbocycles. The van der Waals surface area contributed by atoms with Crippen LogP contribution in [-0.4, -0.2) is 11.5 Å². The lowest BCUT2D eigenvalue weighted by Crippen LogP contribution is -2.00. The van der Waals surface area contributed by atoms with E-state index >= 15 is 0 Å². The monoisotopic (exact) mass is 234 g/mol. The van der Waals surface area contributed by atoms with Crippen molar-refractivity contribution in [1.82, 2.24) is 0 Å². The van der Waals surface area contributed by atoms with E-state index in [0.29, 0.717) is 30.8 Å². The molecule has 5 nitrogen and oxygen atoms in total. The van der Waals surface area contributed by atoms with E-state index in [-0.39, 0.29) is 5.69 Å². The van der Waals surface area contributed by atoms with E-state index in [1.165, 1.54) is 6.07 Å². The van der Waals surface area contributed by atoms with Crippen LogP contribution in [-0.2, 0) is 0 Å². The Hall–Kier alpha value is -2.09.